The maximum Gasteiger partial charge on any atom is 0.226 e. The lowest BCUT2D eigenvalue weighted by atomic mass is 9.91. The van der Waals surface area contributed by atoms with Gasteiger partial charge in [0.1, 0.15) is 27.5 Å². The third-order valence-electron chi connectivity index (χ3n) is 7.44. The van der Waals surface area contributed by atoms with Crippen LogP contribution in [0.2, 0.25) is 0 Å². The lowest BCUT2D eigenvalue weighted by Gasteiger charge is -2.41. The number of hydrogen-bond acceptors (Lipinski definition) is 9. The highest BCUT2D eigenvalue weighted by molar-refractivity contribution is 7.90. The van der Waals surface area contributed by atoms with Crippen LogP contribution in [0.25, 0.3) is 22.2 Å². The van der Waals surface area contributed by atoms with Crippen LogP contribution >= 0.6 is 0 Å². The van der Waals surface area contributed by atoms with E-state index in [0.717, 1.165) is 22.0 Å². The Hall–Kier alpha value is -3.05. The van der Waals surface area contributed by atoms with Gasteiger partial charge in [-0.2, -0.15) is 0 Å². The summed E-state index contributed by atoms with van der Waals surface area (Å²) < 4.78 is 43.5. The third-order valence-corrected chi connectivity index (χ3v) is 8.52. The number of hydrogen-bond donors (Lipinski definition) is 1. The van der Waals surface area contributed by atoms with Crippen molar-refractivity contribution in [3.05, 3.63) is 36.0 Å². The molecule has 0 spiro atoms. The van der Waals surface area contributed by atoms with E-state index in [4.69, 9.17) is 20.4 Å². The number of fused-ring (bicyclic) bond motifs is 1. The van der Waals surface area contributed by atoms with E-state index < -0.39 is 22.1 Å². The number of nitrogens with zero attached hydrogens (tertiary/aromatic N) is 5. The predicted octanol–water partition coefficient (Wildman–Crippen LogP) is 3.44. The normalized spacial score (nSPS) is 20.8. The summed E-state index contributed by atoms with van der Waals surface area (Å²) >= 11 is 0. The lowest BCUT2D eigenvalue weighted by molar-refractivity contribution is 0.0194. The Balaban J connectivity index is 1.58. The minimum absolute atomic E-state index is 0.0874. The van der Waals surface area contributed by atoms with Gasteiger partial charge in [-0.15, -0.1) is 0 Å². The van der Waals surface area contributed by atoms with Crippen molar-refractivity contribution >= 4 is 38.1 Å². The number of aromatic nitrogens is 3. The van der Waals surface area contributed by atoms with Gasteiger partial charge in [-0.3, -0.25) is 0 Å². The summed E-state index contributed by atoms with van der Waals surface area (Å²) in [5, 5.41) is 1.92. The first kappa shape index (κ1) is 26.6. The molecule has 9 nitrogen and oxygen atoms in total. The second-order valence-electron chi connectivity index (χ2n) is 10.8. The van der Waals surface area contributed by atoms with Crippen LogP contribution in [-0.2, 0) is 14.6 Å². The van der Waals surface area contributed by atoms with E-state index in [0.29, 0.717) is 49.2 Å². The van der Waals surface area contributed by atoms with Crippen LogP contribution in [0.5, 0.6) is 0 Å². The van der Waals surface area contributed by atoms with Gasteiger partial charge in [0, 0.05) is 56.2 Å². The SMILES string of the molecule is CO[C@@H]1CCN(c2nccc(-c3nc(N)cc4c(C(C)C)ccc(N5CC(CS(C)(=O)=O)C5)c34)n2)C[C@@H]1F. The number of anilines is 3. The largest absolute Gasteiger partial charge is 0.384 e. The number of methoxy groups -OCH3 is 1. The monoisotopic (exact) mass is 542 g/mol. The van der Waals surface area contributed by atoms with Gasteiger partial charge in [0.2, 0.25) is 5.95 Å². The first-order valence-corrected chi connectivity index (χ1v) is 15.0. The molecule has 2 aromatic heterocycles. The van der Waals surface area contributed by atoms with Crippen molar-refractivity contribution in [2.45, 2.75) is 38.5 Å². The van der Waals surface area contributed by atoms with Crippen LogP contribution in [0.3, 0.4) is 0 Å². The van der Waals surface area contributed by atoms with Crippen LogP contribution < -0.4 is 15.5 Å². The van der Waals surface area contributed by atoms with E-state index in [1.807, 2.05) is 11.0 Å². The molecule has 204 valence electrons. The van der Waals surface area contributed by atoms with Gasteiger partial charge in [-0.1, -0.05) is 19.9 Å². The van der Waals surface area contributed by atoms with Gasteiger partial charge >= 0.3 is 0 Å². The molecule has 0 radical (unpaired) electrons. The molecule has 2 saturated heterocycles. The maximum atomic E-state index is 14.6. The predicted molar refractivity (Wildman–Crippen MR) is 149 cm³/mol. The Labute approximate surface area is 223 Å². The zero-order valence-corrected chi connectivity index (χ0v) is 23.1. The molecule has 11 heteroatoms. The fourth-order valence-corrected chi connectivity index (χ4v) is 6.68. The summed E-state index contributed by atoms with van der Waals surface area (Å²) in [5.41, 5.74) is 9.67. The summed E-state index contributed by atoms with van der Waals surface area (Å²) in [4.78, 5) is 18.0. The molecule has 4 heterocycles. The molecule has 2 aliphatic rings. The standard InChI is InChI=1S/C27H35FN6O3S/c1-16(2)18-5-6-22(34-12-17(13-34)15-38(4,35)36)25-19(18)11-24(29)32-26(25)21-7-9-30-27(31-21)33-10-8-23(37-3)20(28)14-33/h5-7,9,11,16-17,20,23H,8,10,12-15H2,1-4H3,(H2,29,32)/t20-,23+/m0/s1. The molecule has 3 aromatic rings. The average Bonchev–Trinajstić information content (AvgIpc) is 2.84. The lowest BCUT2D eigenvalue weighted by Crippen LogP contribution is -2.49. The van der Waals surface area contributed by atoms with Crippen molar-refractivity contribution in [1.82, 2.24) is 15.0 Å². The molecule has 0 unspecified atom stereocenters. The van der Waals surface area contributed by atoms with Gasteiger partial charge in [0.05, 0.1) is 24.1 Å². The van der Waals surface area contributed by atoms with Crippen LogP contribution in [0.4, 0.5) is 21.8 Å². The second kappa shape index (κ2) is 10.3. The first-order chi connectivity index (χ1) is 18.0. The molecule has 5 rings (SSSR count). The van der Waals surface area contributed by atoms with Crippen molar-refractivity contribution in [3.8, 4) is 11.4 Å². The van der Waals surface area contributed by atoms with Crippen molar-refractivity contribution < 1.29 is 17.5 Å². The molecule has 0 aliphatic carbocycles. The molecule has 2 aliphatic heterocycles. The highest BCUT2D eigenvalue weighted by Gasteiger charge is 2.33. The maximum absolute atomic E-state index is 14.6. The van der Waals surface area contributed by atoms with Crippen LogP contribution in [0.15, 0.2) is 30.5 Å². The number of pyridine rings is 1. The molecule has 2 atom stereocenters. The van der Waals surface area contributed by atoms with Crippen LogP contribution in [0, 0.1) is 5.92 Å². The van der Waals surface area contributed by atoms with E-state index in [2.05, 4.69) is 35.9 Å². The number of ether oxygens (including phenoxy) is 1. The Morgan fingerprint density at radius 2 is 1.92 bits per heavy atom. The molecule has 0 amide bonds. The van der Waals surface area contributed by atoms with E-state index in [1.165, 1.54) is 13.4 Å². The van der Waals surface area contributed by atoms with Crippen LogP contribution in [-0.4, -0.2) is 80.9 Å². The number of rotatable bonds is 7. The first-order valence-electron chi connectivity index (χ1n) is 12.9. The Morgan fingerprint density at radius 3 is 2.58 bits per heavy atom. The number of piperidine rings is 1. The summed E-state index contributed by atoms with van der Waals surface area (Å²) in [6, 6.07) is 7.90. The van der Waals surface area contributed by atoms with Gasteiger partial charge in [-0.05, 0) is 41.5 Å². The van der Waals surface area contributed by atoms with E-state index in [9.17, 15) is 12.8 Å². The number of halogens is 1. The minimum atomic E-state index is -3.04. The van der Waals surface area contributed by atoms with Crippen molar-refractivity contribution in [2.75, 3.05) is 60.8 Å². The average molecular weight is 543 g/mol. The fourth-order valence-electron chi connectivity index (χ4n) is 5.61. The van der Waals surface area contributed by atoms with Gasteiger partial charge in [0.15, 0.2) is 0 Å². The molecule has 1 aromatic carbocycles. The summed E-state index contributed by atoms with van der Waals surface area (Å²) in [5.74, 6) is 1.34. The molecular weight excluding hydrogens is 507 g/mol. The summed E-state index contributed by atoms with van der Waals surface area (Å²) in [6.07, 6.45) is 1.95. The van der Waals surface area contributed by atoms with Gasteiger partial charge in [0.25, 0.3) is 0 Å². The van der Waals surface area contributed by atoms with Crippen molar-refractivity contribution in [1.29, 1.82) is 0 Å². The highest BCUT2D eigenvalue weighted by atomic mass is 32.2. The number of alkyl halides is 1. The molecule has 2 fully saturated rings. The Bertz CT molecular complexity index is 1440. The minimum Gasteiger partial charge on any atom is -0.384 e. The number of nitrogen functional groups attached to an aromatic ring is 1. The van der Waals surface area contributed by atoms with Gasteiger partial charge < -0.3 is 20.3 Å². The number of nitrogens with two attached hydrogens (primary N) is 1. The zero-order chi connectivity index (χ0) is 27.2. The number of sulfone groups is 1. The smallest absolute Gasteiger partial charge is 0.226 e. The Kier molecular flexibility index (Phi) is 7.17. The van der Waals surface area contributed by atoms with Gasteiger partial charge in [-0.25, -0.2) is 27.8 Å². The fraction of sp³-hybridized carbons (Fsp3) is 0.519. The molecule has 0 saturated carbocycles. The Morgan fingerprint density at radius 1 is 1.16 bits per heavy atom. The topological polar surface area (TPSA) is 115 Å². The molecule has 0 bridgehead atoms. The highest BCUT2D eigenvalue weighted by Crippen LogP contribution is 2.41. The third kappa shape index (κ3) is 5.26. The van der Waals surface area contributed by atoms with E-state index in [1.54, 1.807) is 12.3 Å². The van der Waals surface area contributed by atoms with Crippen LogP contribution in [0.1, 0.15) is 31.7 Å². The summed E-state index contributed by atoms with van der Waals surface area (Å²) in [7, 11) is -1.51. The zero-order valence-electron chi connectivity index (χ0n) is 22.3. The molecular formula is C27H35FN6O3S. The summed E-state index contributed by atoms with van der Waals surface area (Å²) in [6.45, 7) is 6.31. The quantitative estimate of drug-likeness (QED) is 0.479. The number of benzene rings is 1. The molecule has 38 heavy (non-hydrogen) atoms. The van der Waals surface area contributed by atoms with E-state index in [-0.39, 0.29) is 24.1 Å². The molecule has 2 N–H and O–H groups in total. The van der Waals surface area contributed by atoms with E-state index >= 15 is 0 Å². The van der Waals surface area contributed by atoms with Crippen molar-refractivity contribution in [3.63, 3.8) is 0 Å². The second-order valence-corrected chi connectivity index (χ2v) is 13.0. The van der Waals surface area contributed by atoms with Crippen molar-refractivity contribution in [2.24, 2.45) is 5.92 Å².